The van der Waals surface area contributed by atoms with Crippen molar-refractivity contribution >= 4 is 11.9 Å². The Balaban J connectivity index is 1.09. The number of fused-ring (bicyclic) bond motifs is 7. The fourth-order valence-corrected chi connectivity index (χ4v) is 13.9. The highest BCUT2D eigenvalue weighted by atomic mass is 16.6. The van der Waals surface area contributed by atoms with Crippen LogP contribution in [0.1, 0.15) is 164 Å². The summed E-state index contributed by atoms with van der Waals surface area (Å²) in [4.78, 5) is 54.0. The number of nitrogens with zero attached hydrogens (tertiary/aromatic N) is 1. The summed E-state index contributed by atoms with van der Waals surface area (Å²) in [7, 11) is 0. The molecule has 11 heteroatoms. The molecule has 1 saturated heterocycles. The number of hydrogen-bond donors (Lipinski definition) is 3. The van der Waals surface area contributed by atoms with Crippen molar-refractivity contribution in [3.63, 3.8) is 0 Å². The Kier molecular flexibility index (Phi) is 11.7. The predicted octanol–water partition coefficient (Wildman–Crippen LogP) is 7.77. The normalized spacial score (nSPS) is 41.2. The minimum absolute atomic E-state index is 0.0202. The lowest BCUT2D eigenvalue weighted by atomic mass is 9.33. The van der Waals surface area contributed by atoms with E-state index in [2.05, 4.69) is 66.4 Å². The first kappa shape index (κ1) is 43.3. The number of rotatable bonds is 11. The molecule has 1 aromatic rings. The first-order chi connectivity index (χ1) is 27.2. The zero-order valence-electron chi connectivity index (χ0n) is 36.6. The number of H-pyrrole nitrogens is 1. The highest BCUT2D eigenvalue weighted by Crippen LogP contribution is 2.76. The number of unbranched alkanes of at least 4 members (excludes halogenated alkanes) is 4. The molecule has 0 radical (unpaired) electrons. The Morgan fingerprint density at radius 1 is 0.897 bits per heavy atom. The summed E-state index contributed by atoms with van der Waals surface area (Å²) in [6.07, 6.45) is 13.9. The fraction of sp³-hybridized carbons (Fsp3) is 0.830. The molecular weight excluding hydrogens is 737 g/mol. The molecule has 12 atom stereocenters. The SMILES string of the molecule is CCCCCCCC(=O)O[C@H]1CC[C@@]2(C)C(CC[C@]3(C)[C@@H]2CC=C2[C@@H]4CC(C)(C)CC[C@]4(C(=O)OC[C@H]4O[C@@H](n5ccc(=O)[nH]c5=O)[C@H](O)[C@@H]4O)CC[C@]23C)C1(C)C. The van der Waals surface area contributed by atoms with Gasteiger partial charge in [-0.2, -0.15) is 0 Å². The van der Waals surface area contributed by atoms with Crippen molar-refractivity contribution in [2.24, 2.45) is 50.2 Å². The largest absolute Gasteiger partial charge is 0.462 e. The van der Waals surface area contributed by atoms with Gasteiger partial charge in [-0.25, -0.2) is 4.79 Å². The fourth-order valence-electron chi connectivity index (χ4n) is 13.9. The van der Waals surface area contributed by atoms with Crippen molar-refractivity contribution in [2.45, 2.75) is 189 Å². The molecule has 5 aliphatic carbocycles. The van der Waals surface area contributed by atoms with Crippen LogP contribution in [0.4, 0.5) is 0 Å². The lowest BCUT2D eigenvalue weighted by Crippen LogP contribution is -2.65. The Labute approximate surface area is 345 Å². The van der Waals surface area contributed by atoms with Crippen LogP contribution in [-0.2, 0) is 23.8 Å². The van der Waals surface area contributed by atoms with Crippen molar-refractivity contribution in [3.05, 3.63) is 44.8 Å². The number of aliphatic hydroxyl groups is 2. The zero-order valence-corrected chi connectivity index (χ0v) is 36.6. The van der Waals surface area contributed by atoms with E-state index < -0.39 is 41.2 Å². The summed E-state index contributed by atoms with van der Waals surface area (Å²) in [5.41, 5.74) is -0.672. The van der Waals surface area contributed by atoms with E-state index in [0.717, 1.165) is 87.7 Å². The van der Waals surface area contributed by atoms with E-state index in [9.17, 15) is 29.4 Å². The van der Waals surface area contributed by atoms with Crippen LogP contribution in [0.3, 0.4) is 0 Å². The van der Waals surface area contributed by atoms with Gasteiger partial charge in [0.05, 0.1) is 5.41 Å². The molecular formula is C47H72N2O9. The molecule has 0 spiro atoms. The molecule has 6 aliphatic rings. The molecule has 1 aromatic heterocycles. The number of nitrogens with one attached hydrogen (secondary N) is 1. The predicted molar refractivity (Wildman–Crippen MR) is 221 cm³/mol. The van der Waals surface area contributed by atoms with E-state index >= 15 is 0 Å². The lowest BCUT2D eigenvalue weighted by molar-refractivity contribution is -0.214. The van der Waals surface area contributed by atoms with Gasteiger partial charge in [0.2, 0.25) is 0 Å². The summed E-state index contributed by atoms with van der Waals surface area (Å²) in [5, 5.41) is 21.8. The molecule has 4 saturated carbocycles. The second-order valence-corrected chi connectivity index (χ2v) is 21.5. The quantitative estimate of drug-likeness (QED) is 0.115. The Bertz CT molecular complexity index is 1870. The van der Waals surface area contributed by atoms with Crippen LogP contribution in [0, 0.1) is 50.2 Å². The van der Waals surface area contributed by atoms with Crippen LogP contribution >= 0.6 is 0 Å². The van der Waals surface area contributed by atoms with Crippen LogP contribution in [-0.4, -0.2) is 62.7 Å². The van der Waals surface area contributed by atoms with E-state index in [0.29, 0.717) is 18.3 Å². The number of ether oxygens (including phenoxy) is 3. The van der Waals surface area contributed by atoms with Gasteiger partial charge in [-0.3, -0.25) is 23.9 Å². The number of carbonyl (C=O) groups excluding carboxylic acids is 2. The highest BCUT2D eigenvalue weighted by Gasteiger charge is 2.69. The molecule has 1 unspecified atom stereocenters. The number of aliphatic hydroxyl groups excluding tert-OH is 2. The van der Waals surface area contributed by atoms with Crippen molar-refractivity contribution < 1.29 is 34.0 Å². The molecule has 2 heterocycles. The van der Waals surface area contributed by atoms with Crippen molar-refractivity contribution in [3.8, 4) is 0 Å². The second kappa shape index (κ2) is 15.6. The van der Waals surface area contributed by atoms with Crippen LogP contribution in [0.25, 0.3) is 0 Å². The molecule has 0 bridgehead atoms. The second-order valence-electron chi connectivity index (χ2n) is 21.5. The van der Waals surface area contributed by atoms with Crippen molar-refractivity contribution in [2.75, 3.05) is 6.61 Å². The molecule has 3 N–H and O–H groups in total. The van der Waals surface area contributed by atoms with Gasteiger partial charge in [-0.15, -0.1) is 0 Å². The molecule has 58 heavy (non-hydrogen) atoms. The number of aromatic amines is 1. The molecule has 1 aliphatic heterocycles. The first-order valence-electron chi connectivity index (χ1n) is 22.6. The third-order valence-corrected chi connectivity index (χ3v) is 17.6. The van der Waals surface area contributed by atoms with Crippen LogP contribution in [0.15, 0.2) is 33.5 Å². The third kappa shape index (κ3) is 7.08. The van der Waals surface area contributed by atoms with Gasteiger partial charge >= 0.3 is 17.6 Å². The zero-order chi connectivity index (χ0) is 42.1. The van der Waals surface area contributed by atoms with Gasteiger partial charge in [0.1, 0.15) is 31.0 Å². The third-order valence-electron chi connectivity index (χ3n) is 17.6. The van der Waals surface area contributed by atoms with Gasteiger partial charge < -0.3 is 24.4 Å². The monoisotopic (exact) mass is 809 g/mol. The molecule has 7 rings (SSSR count). The van der Waals surface area contributed by atoms with Gasteiger partial charge in [0.25, 0.3) is 5.56 Å². The molecule has 0 amide bonds. The van der Waals surface area contributed by atoms with E-state index in [4.69, 9.17) is 14.2 Å². The lowest BCUT2D eigenvalue weighted by Gasteiger charge is -2.71. The number of aromatic nitrogens is 2. The standard InChI is InChI=1S/C47H72N2O9/c1-9-10-11-12-13-14-36(51)58-34-18-20-44(6)32(43(34,4)5)17-21-46(8)33(44)16-15-29-30-27-42(2,3)22-24-47(30,25-23-45(29,46)7)40(54)56-28-31-37(52)38(53)39(57-31)49-26-19-35(50)48-41(49)55/h15,19,26,30-34,37-39,52-53H,9-14,16-18,20-25,27-28H2,1-8H3,(H,48,50,55)/t30-,31+,32?,33+,34-,37+,38+,39+,44-,45+,46+,47-/m0/s1. The maximum Gasteiger partial charge on any atom is 0.330 e. The minimum Gasteiger partial charge on any atom is -0.462 e. The van der Waals surface area contributed by atoms with Crippen molar-refractivity contribution in [1.82, 2.24) is 9.55 Å². The molecule has 0 aromatic carbocycles. The smallest absolute Gasteiger partial charge is 0.330 e. The minimum atomic E-state index is -1.46. The maximum absolute atomic E-state index is 14.6. The highest BCUT2D eigenvalue weighted by molar-refractivity contribution is 5.79. The van der Waals surface area contributed by atoms with Gasteiger partial charge in [0, 0.05) is 24.1 Å². The average molecular weight is 809 g/mol. The summed E-state index contributed by atoms with van der Waals surface area (Å²) >= 11 is 0. The average Bonchev–Trinajstić information content (AvgIpc) is 3.43. The summed E-state index contributed by atoms with van der Waals surface area (Å²) in [5.74, 6) is 0.616. The number of esters is 2. The molecule has 5 fully saturated rings. The van der Waals surface area contributed by atoms with Crippen molar-refractivity contribution in [1.29, 1.82) is 0 Å². The number of carbonyl (C=O) groups is 2. The van der Waals surface area contributed by atoms with Crippen LogP contribution in [0.5, 0.6) is 0 Å². The Morgan fingerprint density at radius 3 is 2.34 bits per heavy atom. The van der Waals surface area contributed by atoms with E-state index in [-0.39, 0.29) is 57.6 Å². The Morgan fingerprint density at radius 2 is 1.62 bits per heavy atom. The van der Waals surface area contributed by atoms with Gasteiger partial charge in [0.15, 0.2) is 6.23 Å². The van der Waals surface area contributed by atoms with E-state index in [1.165, 1.54) is 31.0 Å². The van der Waals surface area contributed by atoms with E-state index in [1.54, 1.807) is 0 Å². The summed E-state index contributed by atoms with van der Waals surface area (Å²) < 4.78 is 19.4. The van der Waals surface area contributed by atoms with Gasteiger partial charge in [-0.1, -0.05) is 92.7 Å². The summed E-state index contributed by atoms with van der Waals surface area (Å²) in [6.45, 7) is 18.9. The Hall–Kier alpha value is -2.76. The van der Waals surface area contributed by atoms with Crippen LogP contribution < -0.4 is 11.2 Å². The number of hydrogen-bond acceptors (Lipinski definition) is 9. The maximum atomic E-state index is 14.6. The van der Waals surface area contributed by atoms with Gasteiger partial charge in [-0.05, 0) is 110 Å². The van der Waals surface area contributed by atoms with E-state index in [1.807, 2.05) is 0 Å². The topological polar surface area (TPSA) is 157 Å². The van der Waals surface area contributed by atoms with Crippen LogP contribution in [0.2, 0.25) is 0 Å². The summed E-state index contributed by atoms with van der Waals surface area (Å²) in [6, 6.07) is 1.15. The molecule has 324 valence electrons. The number of allylic oxidation sites excluding steroid dienone is 2. The first-order valence-corrected chi connectivity index (χ1v) is 22.6. The molecule has 11 nitrogen and oxygen atoms in total.